The van der Waals surface area contributed by atoms with E-state index in [9.17, 15) is 14.4 Å². The van der Waals surface area contributed by atoms with E-state index in [1.54, 1.807) is 18.9 Å². The molecule has 1 saturated heterocycles. The number of likely N-dealkylation sites (tertiary alicyclic amines) is 1. The topological polar surface area (TPSA) is 84.9 Å². The number of methoxy groups -OCH3 is 1. The summed E-state index contributed by atoms with van der Waals surface area (Å²) in [5.41, 5.74) is 1.38. The van der Waals surface area contributed by atoms with E-state index in [1.165, 1.54) is 18.4 Å². The molecule has 3 rings (SSSR count). The van der Waals surface area contributed by atoms with Crippen molar-refractivity contribution in [2.45, 2.75) is 71.1 Å². The van der Waals surface area contributed by atoms with Crippen LogP contribution in [0.4, 0.5) is 0 Å². The number of nitrogens with zero attached hydrogens (tertiary/aromatic N) is 1. The molecule has 0 aromatic rings. The molecule has 1 fully saturated rings. The lowest BCUT2D eigenvalue weighted by molar-refractivity contribution is -0.160. The van der Waals surface area contributed by atoms with Crippen molar-refractivity contribution in [3.05, 3.63) is 23.4 Å². The molecule has 1 heterocycles. The van der Waals surface area contributed by atoms with Gasteiger partial charge in [-0.25, -0.2) is 0 Å². The summed E-state index contributed by atoms with van der Waals surface area (Å²) >= 11 is 0. The summed E-state index contributed by atoms with van der Waals surface area (Å²) in [4.78, 5) is 41.0. The zero-order valence-corrected chi connectivity index (χ0v) is 19.6. The SMILES string of the molecule is CCOC(=O)[C@]12CCC=C1N(CCC1=CCCCC1)C(=O)[C@H](CC(=O)NCCCOC)C2. The first-order valence-electron chi connectivity index (χ1n) is 12.1. The highest BCUT2D eigenvalue weighted by atomic mass is 16.5. The molecule has 32 heavy (non-hydrogen) atoms. The Balaban J connectivity index is 1.76. The lowest BCUT2D eigenvalue weighted by Gasteiger charge is -2.44. The molecular formula is C25H38N2O5. The number of esters is 1. The molecule has 2 aliphatic carbocycles. The van der Waals surface area contributed by atoms with Gasteiger partial charge in [-0.05, 0) is 64.7 Å². The monoisotopic (exact) mass is 446 g/mol. The number of hydrogen-bond donors (Lipinski definition) is 1. The Kier molecular flexibility index (Phi) is 8.91. The van der Waals surface area contributed by atoms with Crippen LogP contribution in [0.1, 0.15) is 71.1 Å². The number of amides is 2. The Morgan fingerprint density at radius 2 is 2.09 bits per heavy atom. The van der Waals surface area contributed by atoms with Crippen molar-refractivity contribution >= 4 is 17.8 Å². The molecule has 1 aliphatic heterocycles. The van der Waals surface area contributed by atoms with Gasteiger partial charge in [0.2, 0.25) is 11.8 Å². The van der Waals surface area contributed by atoms with Gasteiger partial charge in [-0.1, -0.05) is 17.7 Å². The van der Waals surface area contributed by atoms with Gasteiger partial charge in [-0.15, -0.1) is 0 Å². The molecule has 0 bridgehead atoms. The third-order valence-corrected chi connectivity index (χ3v) is 6.89. The number of allylic oxidation sites excluding steroid dienone is 2. The van der Waals surface area contributed by atoms with Crippen LogP contribution in [0.25, 0.3) is 0 Å². The Hall–Kier alpha value is -2.15. The van der Waals surface area contributed by atoms with Crippen LogP contribution in [0, 0.1) is 11.3 Å². The second-order valence-electron chi connectivity index (χ2n) is 9.08. The van der Waals surface area contributed by atoms with Gasteiger partial charge in [-0.2, -0.15) is 0 Å². The van der Waals surface area contributed by atoms with Crippen molar-refractivity contribution in [2.24, 2.45) is 11.3 Å². The summed E-state index contributed by atoms with van der Waals surface area (Å²) in [6.45, 7) is 3.76. The normalized spacial score (nSPS) is 25.1. The Bertz CT molecular complexity index is 759. The first kappa shape index (κ1) is 24.5. The van der Waals surface area contributed by atoms with Crippen LogP contribution in [-0.2, 0) is 23.9 Å². The van der Waals surface area contributed by atoms with Gasteiger partial charge in [0.1, 0.15) is 5.41 Å². The largest absolute Gasteiger partial charge is 0.465 e. The van der Waals surface area contributed by atoms with Gasteiger partial charge < -0.3 is 19.7 Å². The number of fused-ring (bicyclic) bond motifs is 1. The first-order chi connectivity index (χ1) is 15.5. The lowest BCUT2D eigenvalue weighted by Crippen LogP contribution is -2.52. The van der Waals surface area contributed by atoms with E-state index in [2.05, 4.69) is 11.4 Å². The molecule has 7 nitrogen and oxygen atoms in total. The minimum Gasteiger partial charge on any atom is -0.465 e. The number of hydrogen-bond acceptors (Lipinski definition) is 5. The highest BCUT2D eigenvalue weighted by Gasteiger charge is 2.55. The van der Waals surface area contributed by atoms with E-state index in [0.717, 1.165) is 37.8 Å². The minimum atomic E-state index is -0.814. The maximum absolute atomic E-state index is 13.5. The predicted octanol–water partition coefficient (Wildman–Crippen LogP) is 3.50. The Morgan fingerprint density at radius 1 is 1.25 bits per heavy atom. The third-order valence-electron chi connectivity index (χ3n) is 6.89. The van der Waals surface area contributed by atoms with Gasteiger partial charge in [0, 0.05) is 44.8 Å². The van der Waals surface area contributed by atoms with Gasteiger partial charge in [-0.3, -0.25) is 14.4 Å². The van der Waals surface area contributed by atoms with Crippen molar-refractivity contribution in [1.29, 1.82) is 0 Å². The van der Waals surface area contributed by atoms with Crippen molar-refractivity contribution < 1.29 is 23.9 Å². The molecule has 2 amide bonds. The second-order valence-corrected chi connectivity index (χ2v) is 9.08. The third kappa shape index (κ3) is 5.61. The molecule has 0 spiro atoms. The van der Waals surface area contributed by atoms with E-state index in [1.807, 2.05) is 6.08 Å². The van der Waals surface area contributed by atoms with Crippen molar-refractivity contribution in [3.8, 4) is 0 Å². The number of nitrogens with one attached hydrogen (secondary N) is 1. The molecule has 0 saturated carbocycles. The number of carbonyl (C=O) groups is 3. The van der Waals surface area contributed by atoms with Crippen molar-refractivity contribution in [2.75, 3.05) is 33.4 Å². The van der Waals surface area contributed by atoms with Gasteiger partial charge in [0.25, 0.3) is 0 Å². The standard InChI is InChI=1S/C25H38N2O5/c1-3-32-24(30)25-13-7-11-21(25)27(15-12-19-9-5-4-6-10-19)23(29)20(18-25)17-22(28)26-14-8-16-31-2/h9,11,20H,3-8,10,12-18H2,1-2H3,(H,26,28)/t20-,25+/m1/s1. The second kappa shape index (κ2) is 11.6. The smallest absolute Gasteiger partial charge is 0.318 e. The summed E-state index contributed by atoms with van der Waals surface area (Å²) in [6.07, 6.45) is 12.3. The fraction of sp³-hybridized carbons (Fsp3) is 0.720. The molecule has 0 unspecified atom stereocenters. The van der Waals surface area contributed by atoms with Crippen LogP contribution in [0.3, 0.4) is 0 Å². The lowest BCUT2D eigenvalue weighted by atomic mass is 9.71. The van der Waals surface area contributed by atoms with E-state index < -0.39 is 11.3 Å². The van der Waals surface area contributed by atoms with Crippen LogP contribution in [0.2, 0.25) is 0 Å². The zero-order valence-electron chi connectivity index (χ0n) is 19.6. The number of carbonyl (C=O) groups excluding carboxylic acids is 3. The molecule has 3 aliphatic rings. The number of piperidine rings is 1. The van der Waals surface area contributed by atoms with E-state index in [4.69, 9.17) is 9.47 Å². The van der Waals surface area contributed by atoms with E-state index >= 15 is 0 Å². The summed E-state index contributed by atoms with van der Waals surface area (Å²) < 4.78 is 10.5. The number of rotatable bonds is 11. The summed E-state index contributed by atoms with van der Waals surface area (Å²) in [5.74, 6) is -0.971. The molecule has 0 radical (unpaired) electrons. The van der Waals surface area contributed by atoms with E-state index in [-0.39, 0.29) is 24.2 Å². The highest BCUT2D eigenvalue weighted by molar-refractivity contribution is 5.92. The maximum atomic E-state index is 13.5. The highest BCUT2D eigenvalue weighted by Crippen LogP contribution is 2.51. The number of ether oxygens (including phenoxy) is 2. The maximum Gasteiger partial charge on any atom is 0.318 e. The first-order valence-corrected chi connectivity index (χ1v) is 12.1. The van der Waals surface area contributed by atoms with Crippen LogP contribution in [-0.4, -0.2) is 56.1 Å². The van der Waals surface area contributed by atoms with Crippen LogP contribution < -0.4 is 5.32 Å². The van der Waals surface area contributed by atoms with Crippen molar-refractivity contribution in [3.63, 3.8) is 0 Å². The molecule has 0 aromatic heterocycles. The fourth-order valence-electron chi connectivity index (χ4n) is 5.28. The van der Waals surface area contributed by atoms with Crippen molar-refractivity contribution in [1.82, 2.24) is 10.2 Å². The quantitative estimate of drug-likeness (QED) is 0.298. The average Bonchev–Trinajstić information content (AvgIpc) is 3.22. The average molecular weight is 447 g/mol. The molecule has 7 heteroatoms. The molecule has 2 atom stereocenters. The Morgan fingerprint density at radius 3 is 2.81 bits per heavy atom. The zero-order chi connectivity index (χ0) is 23.0. The summed E-state index contributed by atoms with van der Waals surface area (Å²) in [5, 5.41) is 2.88. The molecular weight excluding hydrogens is 408 g/mol. The molecule has 178 valence electrons. The predicted molar refractivity (Wildman–Crippen MR) is 121 cm³/mol. The van der Waals surface area contributed by atoms with Gasteiger partial charge in [0.15, 0.2) is 0 Å². The molecule has 1 N–H and O–H groups in total. The van der Waals surface area contributed by atoms with Crippen LogP contribution in [0.5, 0.6) is 0 Å². The Labute approximate surface area is 191 Å². The fourth-order valence-corrected chi connectivity index (χ4v) is 5.28. The van der Waals surface area contributed by atoms with Gasteiger partial charge >= 0.3 is 5.97 Å². The van der Waals surface area contributed by atoms with Crippen LogP contribution >= 0.6 is 0 Å². The van der Waals surface area contributed by atoms with Gasteiger partial charge in [0.05, 0.1) is 6.61 Å². The molecule has 0 aromatic carbocycles. The van der Waals surface area contributed by atoms with E-state index in [0.29, 0.717) is 39.1 Å². The summed E-state index contributed by atoms with van der Waals surface area (Å²) in [6, 6.07) is 0. The minimum absolute atomic E-state index is 0.0403. The summed E-state index contributed by atoms with van der Waals surface area (Å²) in [7, 11) is 1.63. The van der Waals surface area contributed by atoms with Crippen LogP contribution in [0.15, 0.2) is 23.4 Å².